The number of aliphatic hydroxyl groups is 1. The number of aliphatic carboxylic acids is 1. The fourth-order valence-corrected chi connectivity index (χ4v) is 1.34. The van der Waals surface area contributed by atoms with Gasteiger partial charge in [0.05, 0.1) is 6.54 Å². The minimum atomic E-state index is -1.12. The first-order valence-corrected chi connectivity index (χ1v) is 5.47. The van der Waals surface area contributed by atoms with Crippen molar-refractivity contribution in [2.75, 3.05) is 19.7 Å². The van der Waals surface area contributed by atoms with Gasteiger partial charge in [-0.2, -0.15) is 0 Å². The number of hydrogen-bond donors (Lipinski definition) is 4. The van der Waals surface area contributed by atoms with E-state index < -0.39 is 12.0 Å². The van der Waals surface area contributed by atoms with Crippen LogP contribution < -0.4 is 10.6 Å². The van der Waals surface area contributed by atoms with Crippen molar-refractivity contribution in [3.8, 4) is 0 Å². The molecule has 0 bridgehead atoms. The van der Waals surface area contributed by atoms with Crippen molar-refractivity contribution in [1.82, 2.24) is 10.6 Å². The Bertz CT molecular complexity index is 253. The molecule has 6 heteroatoms. The van der Waals surface area contributed by atoms with Crippen molar-refractivity contribution in [3.63, 3.8) is 0 Å². The van der Waals surface area contributed by atoms with Gasteiger partial charge in [0, 0.05) is 13.0 Å². The lowest BCUT2D eigenvalue weighted by Crippen LogP contribution is -2.45. The summed E-state index contributed by atoms with van der Waals surface area (Å²) < 4.78 is 0. The fraction of sp³-hybridized carbons (Fsp3) is 0.800. The minimum absolute atomic E-state index is 0.0314. The molecule has 0 heterocycles. The number of rotatable bonds is 8. The van der Waals surface area contributed by atoms with Crippen LogP contribution >= 0.6 is 0 Å². The predicted octanol–water partition coefficient (Wildman–Crippen LogP) is -1.06. The molecule has 1 saturated carbocycles. The Hall–Kier alpha value is -1.14. The van der Waals surface area contributed by atoms with E-state index in [1.807, 2.05) is 0 Å². The quantitative estimate of drug-likeness (QED) is 0.426. The standard InChI is InChI=1S/C10H18N2O4/c13-4-3-8(10(15)16)12-9(14)6-11-5-7-1-2-7/h7-8,11,13H,1-6H2,(H,12,14)(H,15,16)/t8-/m1/s1. The number of amides is 1. The summed E-state index contributed by atoms with van der Waals surface area (Å²) in [6.45, 7) is 0.684. The van der Waals surface area contributed by atoms with Crippen molar-refractivity contribution in [2.24, 2.45) is 5.92 Å². The van der Waals surface area contributed by atoms with Gasteiger partial charge in [-0.25, -0.2) is 4.79 Å². The lowest BCUT2D eigenvalue weighted by molar-refractivity contribution is -0.142. The number of carbonyl (C=O) groups excluding carboxylic acids is 1. The summed E-state index contributed by atoms with van der Waals surface area (Å²) in [7, 11) is 0. The van der Waals surface area contributed by atoms with E-state index in [-0.39, 0.29) is 25.5 Å². The zero-order valence-corrected chi connectivity index (χ0v) is 9.11. The number of nitrogens with one attached hydrogen (secondary N) is 2. The molecule has 1 atom stereocenters. The van der Waals surface area contributed by atoms with E-state index in [1.165, 1.54) is 12.8 Å². The number of aliphatic hydroxyl groups excluding tert-OH is 1. The molecule has 1 fully saturated rings. The number of carboxylic acid groups (broad SMARTS) is 1. The monoisotopic (exact) mass is 230 g/mol. The molecule has 0 aromatic heterocycles. The third kappa shape index (κ3) is 5.09. The Morgan fingerprint density at radius 2 is 2.06 bits per heavy atom. The molecule has 1 aliphatic carbocycles. The van der Waals surface area contributed by atoms with Crippen molar-refractivity contribution in [3.05, 3.63) is 0 Å². The number of hydrogen-bond acceptors (Lipinski definition) is 4. The Balaban J connectivity index is 2.15. The van der Waals surface area contributed by atoms with E-state index >= 15 is 0 Å². The first-order chi connectivity index (χ1) is 7.63. The highest BCUT2D eigenvalue weighted by molar-refractivity contribution is 5.84. The second-order valence-corrected chi connectivity index (χ2v) is 4.04. The number of carboxylic acids is 1. The van der Waals surface area contributed by atoms with Crippen LogP contribution in [0.4, 0.5) is 0 Å². The van der Waals surface area contributed by atoms with Crippen LogP contribution in [0.25, 0.3) is 0 Å². The van der Waals surface area contributed by atoms with E-state index in [0.29, 0.717) is 5.92 Å². The average molecular weight is 230 g/mol. The van der Waals surface area contributed by atoms with E-state index in [4.69, 9.17) is 10.2 Å². The molecule has 0 unspecified atom stereocenters. The maximum absolute atomic E-state index is 11.3. The summed E-state index contributed by atoms with van der Waals surface area (Å²) in [5, 5.41) is 22.7. The van der Waals surface area contributed by atoms with Gasteiger partial charge >= 0.3 is 5.97 Å². The predicted molar refractivity (Wildman–Crippen MR) is 56.9 cm³/mol. The summed E-state index contributed by atoms with van der Waals surface area (Å²) >= 11 is 0. The van der Waals surface area contributed by atoms with Gasteiger partial charge in [-0.1, -0.05) is 0 Å². The summed E-state index contributed by atoms with van der Waals surface area (Å²) in [6.07, 6.45) is 2.44. The zero-order valence-electron chi connectivity index (χ0n) is 9.11. The Morgan fingerprint density at radius 3 is 2.56 bits per heavy atom. The summed E-state index contributed by atoms with van der Waals surface area (Å²) in [4.78, 5) is 22.0. The average Bonchev–Trinajstić information content (AvgIpc) is 3.01. The fourth-order valence-electron chi connectivity index (χ4n) is 1.34. The van der Waals surface area contributed by atoms with Gasteiger partial charge in [-0.05, 0) is 25.3 Å². The molecule has 0 aliphatic heterocycles. The normalized spacial score (nSPS) is 16.8. The van der Waals surface area contributed by atoms with Crippen LogP contribution in [0.1, 0.15) is 19.3 Å². The molecular weight excluding hydrogens is 212 g/mol. The van der Waals surface area contributed by atoms with Gasteiger partial charge in [-0.15, -0.1) is 0 Å². The summed E-state index contributed by atoms with van der Waals surface area (Å²) in [6, 6.07) is -1.000. The molecular formula is C10H18N2O4. The molecule has 6 nitrogen and oxygen atoms in total. The van der Waals surface area contributed by atoms with Gasteiger partial charge in [0.15, 0.2) is 0 Å². The SMILES string of the molecule is O=C(CNCC1CC1)N[C@H](CCO)C(=O)O. The van der Waals surface area contributed by atoms with Crippen molar-refractivity contribution in [1.29, 1.82) is 0 Å². The molecule has 1 aliphatic rings. The smallest absolute Gasteiger partial charge is 0.326 e. The van der Waals surface area contributed by atoms with E-state index in [9.17, 15) is 9.59 Å². The first kappa shape index (κ1) is 12.9. The molecule has 0 radical (unpaired) electrons. The van der Waals surface area contributed by atoms with Gasteiger partial charge in [0.2, 0.25) is 5.91 Å². The highest BCUT2D eigenvalue weighted by Crippen LogP contribution is 2.27. The van der Waals surface area contributed by atoms with Gasteiger partial charge in [0.1, 0.15) is 6.04 Å². The van der Waals surface area contributed by atoms with Crippen molar-refractivity contribution in [2.45, 2.75) is 25.3 Å². The maximum atomic E-state index is 11.3. The highest BCUT2D eigenvalue weighted by atomic mass is 16.4. The van der Waals surface area contributed by atoms with Crippen LogP contribution in [-0.4, -0.2) is 47.8 Å². The lowest BCUT2D eigenvalue weighted by Gasteiger charge is -2.13. The van der Waals surface area contributed by atoms with Gasteiger partial charge in [0.25, 0.3) is 0 Å². The molecule has 4 N–H and O–H groups in total. The molecule has 0 saturated heterocycles. The minimum Gasteiger partial charge on any atom is -0.480 e. The second-order valence-electron chi connectivity index (χ2n) is 4.04. The topological polar surface area (TPSA) is 98.7 Å². The molecule has 1 rings (SSSR count). The number of carbonyl (C=O) groups is 2. The Morgan fingerprint density at radius 1 is 1.38 bits per heavy atom. The molecule has 16 heavy (non-hydrogen) atoms. The molecule has 92 valence electrons. The first-order valence-electron chi connectivity index (χ1n) is 5.47. The van der Waals surface area contributed by atoms with Crippen molar-refractivity contribution < 1.29 is 19.8 Å². The van der Waals surface area contributed by atoms with E-state index in [2.05, 4.69) is 10.6 Å². The van der Waals surface area contributed by atoms with Crippen LogP contribution in [-0.2, 0) is 9.59 Å². The van der Waals surface area contributed by atoms with Crippen molar-refractivity contribution >= 4 is 11.9 Å². The third-order valence-electron chi connectivity index (χ3n) is 2.47. The largest absolute Gasteiger partial charge is 0.480 e. The van der Waals surface area contributed by atoms with Crippen LogP contribution in [0.15, 0.2) is 0 Å². The molecule has 0 aromatic carbocycles. The highest BCUT2D eigenvalue weighted by Gasteiger charge is 2.22. The van der Waals surface area contributed by atoms with Crippen LogP contribution in [0.2, 0.25) is 0 Å². The molecule has 0 aromatic rings. The van der Waals surface area contributed by atoms with Crippen LogP contribution in [0.3, 0.4) is 0 Å². The zero-order chi connectivity index (χ0) is 12.0. The molecule has 0 spiro atoms. The van der Waals surface area contributed by atoms with Gasteiger partial charge in [-0.3, -0.25) is 4.79 Å². The summed E-state index contributed by atoms with van der Waals surface area (Å²) in [5.74, 6) is -0.786. The second kappa shape index (κ2) is 6.44. The van der Waals surface area contributed by atoms with Gasteiger partial charge < -0.3 is 20.8 Å². The lowest BCUT2D eigenvalue weighted by atomic mass is 10.2. The maximum Gasteiger partial charge on any atom is 0.326 e. The Kier molecular flexibility index (Phi) is 5.21. The third-order valence-corrected chi connectivity index (χ3v) is 2.47. The van der Waals surface area contributed by atoms with E-state index in [0.717, 1.165) is 6.54 Å². The van der Waals surface area contributed by atoms with E-state index in [1.54, 1.807) is 0 Å². The van der Waals surface area contributed by atoms with Crippen LogP contribution in [0.5, 0.6) is 0 Å². The summed E-state index contributed by atoms with van der Waals surface area (Å²) in [5.41, 5.74) is 0. The van der Waals surface area contributed by atoms with Crippen LogP contribution in [0, 0.1) is 5.92 Å². The molecule has 1 amide bonds. The Labute approximate surface area is 94.0 Å².